The van der Waals surface area contributed by atoms with Gasteiger partial charge in [0.15, 0.2) is 5.69 Å². The van der Waals surface area contributed by atoms with E-state index in [4.69, 9.17) is 0 Å². The van der Waals surface area contributed by atoms with E-state index in [0.29, 0.717) is 5.69 Å². The normalized spacial score (nSPS) is 29.1. The van der Waals surface area contributed by atoms with Crippen LogP contribution >= 0.6 is 0 Å². The van der Waals surface area contributed by atoms with Crippen LogP contribution in [0.25, 0.3) is 0 Å². The van der Waals surface area contributed by atoms with Gasteiger partial charge in [0.05, 0.1) is 0 Å². The number of H-pyrrole nitrogens is 1. The summed E-state index contributed by atoms with van der Waals surface area (Å²) in [6, 6.07) is 0. The van der Waals surface area contributed by atoms with Crippen LogP contribution in [-0.2, 0) is 12.8 Å². The SMILES string of the molecule is O=C(c1n[nH]c2c1CCC2)N1CC[C@@H]2CNC[C@@H]2CC1. The Balaban J connectivity index is 1.51. The molecular weight excluding hydrogens is 252 g/mol. The van der Waals surface area contributed by atoms with Crippen LogP contribution in [0.1, 0.15) is 41.0 Å². The summed E-state index contributed by atoms with van der Waals surface area (Å²) in [7, 11) is 0. The van der Waals surface area contributed by atoms with Crippen molar-refractivity contribution in [2.24, 2.45) is 11.8 Å². The third kappa shape index (κ3) is 1.95. The lowest BCUT2D eigenvalue weighted by Gasteiger charge is -2.20. The lowest BCUT2D eigenvalue weighted by molar-refractivity contribution is 0.0751. The molecule has 5 nitrogen and oxygen atoms in total. The first-order valence-corrected chi connectivity index (χ1v) is 7.89. The molecule has 20 heavy (non-hydrogen) atoms. The zero-order valence-electron chi connectivity index (χ0n) is 11.8. The molecule has 1 aromatic heterocycles. The fraction of sp³-hybridized carbons (Fsp3) is 0.733. The zero-order chi connectivity index (χ0) is 13.5. The van der Waals surface area contributed by atoms with Crippen molar-refractivity contribution in [3.63, 3.8) is 0 Å². The average molecular weight is 274 g/mol. The van der Waals surface area contributed by atoms with Gasteiger partial charge in [-0.2, -0.15) is 5.10 Å². The van der Waals surface area contributed by atoms with Gasteiger partial charge in [-0.1, -0.05) is 0 Å². The van der Waals surface area contributed by atoms with E-state index in [1.54, 1.807) is 0 Å². The fourth-order valence-electron chi connectivity index (χ4n) is 4.07. The predicted octanol–water partition coefficient (Wildman–Crippen LogP) is 0.970. The molecule has 2 atom stereocenters. The quantitative estimate of drug-likeness (QED) is 0.802. The highest BCUT2D eigenvalue weighted by Gasteiger charge is 2.33. The highest BCUT2D eigenvalue weighted by molar-refractivity contribution is 5.94. The number of fused-ring (bicyclic) bond motifs is 2. The number of amides is 1. The Morgan fingerprint density at radius 1 is 1.15 bits per heavy atom. The van der Waals surface area contributed by atoms with Crippen LogP contribution in [0.2, 0.25) is 0 Å². The van der Waals surface area contributed by atoms with Gasteiger partial charge in [-0.15, -0.1) is 0 Å². The van der Waals surface area contributed by atoms with Crippen molar-refractivity contribution in [2.45, 2.75) is 32.1 Å². The molecule has 0 unspecified atom stereocenters. The maximum Gasteiger partial charge on any atom is 0.274 e. The molecule has 2 fully saturated rings. The van der Waals surface area contributed by atoms with Crippen molar-refractivity contribution in [3.05, 3.63) is 17.0 Å². The number of carbonyl (C=O) groups is 1. The van der Waals surface area contributed by atoms with Gasteiger partial charge >= 0.3 is 0 Å². The van der Waals surface area contributed by atoms with E-state index in [9.17, 15) is 4.79 Å². The standard InChI is InChI=1S/C15H22N4O/c20-15(14-12-2-1-3-13(12)17-18-14)19-6-4-10-8-16-9-11(10)5-7-19/h10-11,16H,1-9H2,(H,17,18)/t10-,11+. The van der Waals surface area contributed by atoms with E-state index in [-0.39, 0.29) is 5.91 Å². The van der Waals surface area contributed by atoms with Crippen molar-refractivity contribution in [1.82, 2.24) is 20.4 Å². The summed E-state index contributed by atoms with van der Waals surface area (Å²) < 4.78 is 0. The van der Waals surface area contributed by atoms with Crippen molar-refractivity contribution in [1.29, 1.82) is 0 Å². The summed E-state index contributed by atoms with van der Waals surface area (Å²) in [5.74, 6) is 1.67. The molecule has 4 rings (SSSR count). The van der Waals surface area contributed by atoms with Crippen LogP contribution in [0, 0.1) is 11.8 Å². The maximum atomic E-state index is 12.7. The Kier molecular flexibility index (Phi) is 3.02. The minimum absolute atomic E-state index is 0.150. The number of aromatic nitrogens is 2. The van der Waals surface area contributed by atoms with Gasteiger partial charge in [-0.3, -0.25) is 9.89 Å². The molecule has 1 aliphatic carbocycles. The Morgan fingerprint density at radius 2 is 1.90 bits per heavy atom. The Hall–Kier alpha value is -1.36. The van der Waals surface area contributed by atoms with Gasteiger partial charge in [0.25, 0.3) is 5.91 Å². The van der Waals surface area contributed by atoms with Crippen LogP contribution in [0.4, 0.5) is 0 Å². The summed E-state index contributed by atoms with van der Waals surface area (Å²) >= 11 is 0. The number of nitrogens with zero attached hydrogens (tertiary/aromatic N) is 2. The molecule has 108 valence electrons. The second-order valence-corrected chi connectivity index (χ2v) is 6.43. The largest absolute Gasteiger partial charge is 0.337 e. The molecule has 0 spiro atoms. The topological polar surface area (TPSA) is 61.0 Å². The zero-order valence-corrected chi connectivity index (χ0v) is 11.8. The predicted molar refractivity (Wildman–Crippen MR) is 75.6 cm³/mol. The van der Waals surface area contributed by atoms with Crippen molar-refractivity contribution >= 4 is 5.91 Å². The van der Waals surface area contributed by atoms with Gasteiger partial charge in [-0.05, 0) is 57.0 Å². The average Bonchev–Trinajstić information content (AvgIpc) is 3.12. The van der Waals surface area contributed by atoms with Crippen LogP contribution in [-0.4, -0.2) is 47.2 Å². The number of hydrogen-bond donors (Lipinski definition) is 2. The van der Waals surface area contributed by atoms with E-state index in [0.717, 1.165) is 70.1 Å². The van der Waals surface area contributed by atoms with Gasteiger partial charge in [0, 0.05) is 24.3 Å². The van der Waals surface area contributed by atoms with Gasteiger partial charge in [-0.25, -0.2) is 0 Å². The third-order valence-corrected chi connectivity index (χ3v) is 5.32. The second-order valence-electron chi connectivity index (χ2n) is 6.43. The van der Waals surface area contributed by atoms with Crippen molar-refractivity contribution in [2.75, 3.05) is 26.2 Å². The van der Waals surface area contributed by atoms with E-state index < -0.39 is 0 Å². The van der Waals surface area contributed by atoms with Crippen LogP contribution in [0.15, 0.2) is 0 Å². The van der Waals surface area contributed by atoms with Crippen LogP contribution in [0.5, 0.6) is 0 Å². The molecule has 3 heterocycles. The molecular formula is C15H22N4O. The van der Waals surface area contributed by atoms with Crippen LogP contribution in [0.3, 0.4) is 0 Å². The Morgan fingerprint density at radius 3 is 2.65 bits per heavy atom. The van der Waals surface area contributed by atoms with Gasteiger partial charge in [0.2, 0.25) is 0 Å². The minimum Gasteiger partial charge on any atom is -0.337 e. The van der Waals surface area contributed by atoms with E-state index >= 15 is 0 Å². The summed E-state index contributed by atoms with van der Waals surface area (Å²) in [6.45, 7) is 4.04. The smallest absolute Gasteiger partial charge is 0.274 e. The highest BCUT2D eigenvalue weighted by Crippen LogP contribution is 2.29. The molecule has 5 heteroatoms. The second kappa shape index (κ2) is 4.88. The monoisotopic (exact) mass is 274 g/mol. The van der Waals surface area contributed by atoms with Gasteiger partial charge < -0.3 is 10.2 Å². The molecule has 0 aromatic carbocycles. The summed E-state index contributed by atoms with van der Waals surface area (Å²) in [6.07, 6.45) is 5.48. The number of carbonyl (C=O) groups excluding carboxylic acids is 1. The van der Waals surface area contributed by atoms with Crippen molar-refractivity contribution in [3.8, 4) is 0 Å². The highest BCUT2D eigenvalue weighted by atomic mass is 16.2. The number of aryl methyl sites for hydroxylation is 1. The van der Waals surface area contributed by atoms with Crippen molar-refractivity contribution < 1.29 is 4.79 Å². The first-order valence-electron chi connectivity index (χ1n) is 7.89. The molecule has 1 amide bonds. The lowest BCUT2D eigenvalue weighted by Crippen LogP contribution is -2.33. The molecule has 0 radical (unpaired) electrons. The Labute approximate surface area is 119 Å². The third-order valence-electron chi connectivity index (χ3n) is 5.32. The number of rotatable bonds is 1. The number of nitrogens with one attached hydrogen (secondary N) is 2. The molecule has 3 aliphatic rings. The van der Waals surface area contributed by atoms with Gasteiger partial charge in [0.1, 0.15) is 0 Å². The molecule has 2 saturated heterocycles. The summed E-state index contributed by atoms with van der Waals surface area (Å²) in [4.78, 5) is 14.8. The summed E-state index contributed by atoms with van der Waals surface area (Å²) in [5, 5.41) is 10.8. The Bertz CT molecular complexity index is 510. The molecule has 0 bridgehead atoms. The number of likely N-dealkylation sites (tertiary alicyclic amines) is 1. The van der Waals surface area contributed by atoms with E-state index in [2.05, 4.69) is 15.5 Å². The molecule has 0 saturated carbocycles. The summed E-state index contributed by atoms with van der Waals surface area (Å²) in [5.41, 5.74) is 3.06. The van der Waals surface area contributed by atoms with E-state index in [1.807, 2.05) is 4.90 Å². The molecule has 2 aliphatic heterocycles. The minimum atomic E-state index is 0.150. The lowest BCUT2D eigenvalue weighted by atomic mass is 9.92. The van der Waals surface area contributed by atoms with E-state index in [1.165, 1.54) is 11.3 Å². The fourth-order valence-corrected chi connectivity index (χ4v) is 4.07. The number of aromatic amines is 1. The molecule has 2 N–H and O–H groups in total. The number of hydrogen-bond acceptors (Lipinski definition) is 3. The first kappa shape index (κ1) is 12.4. The van der Waals surface area contributed by atoms with Crippen LogP contribution < -0.4 is 5.32 Å². The first-order chi connectivity index (χ1) is 9.83. The molecule has 1 aromatic rings. The maximum absolute atomic E-state index is 12.7.